The van der Waals surface area contributed by atoms with E-state index >= 15 is 0 Å². The van der Waals surface area contributed by atoms with E-state index in [0.717, 1.165) is 17.3 Å². The van der Waals surface area contributed by atoms with Crippen LogP contribution in [0, 0.1) is 0 Å². The molecule has 0 aliphatic rings. The van der Waals surface area contributed by atoms with Crippen LogP contribution in [0.2, 0.25) is 0 Å². The highest BCUT2D eigenvalue weighted by Gasteiger charge is 2.09. The minimum absolute atomic E-state index is 0.115. The van der Waals surface area contributed by atoms with Crippen molar-refractivity contribution in [3.8, 4) is 0 Å². The largest absolute Gasteiger partial charge is 0.469 e. The fraction of sp³-hybridized carbons (Fsp3) is 0.286. The van der Waals surface area contributed by atoms with Gasteiger partial charge in [-0.05, 0) is 29.7 Å². The van der Waals surface area contributed by atoms with E-state index in [9.17, 15) is 9.59 Å². The van der Waals surface area contributed by atoms with Crippen molar-refractivity contribution in [3.63, 3.8) is 0 Å². The maximum absolute atomic E-state index is 11.5. The summed E-state index contributed by atoms with van der Waals surface area (Å²) in [5.41, 5.74) is 2.42. The van der Waals surface area contributed by atoms with Crippen LogP contribution in [0.25, 0.3) is 10.9 Å². The normalized spacial score (nSPS) is 10.6. The number of hydrogen-bond donors (Lipinski definition) is 1. The van der Waals surface area contributed by atoms with Crippen LogP contribution < -0.4 is 5.56 Å². The molecule has 1 heterocycles. The third-order valence-corrected chi connectivity index (χ3v) is 2.96. The van der Waals surface area contributed by atoms with E-state index in [0.29, 0.717) is 5.56 Å². The monoisotopic (exact) mass is 245 g/mol. The second-order valence-electron chi connectivity index (χ2n) is 4.15. The molecule has 1 aromatic heterocycles. The van der Waals surface area contributed by atoms with Gasteiger partial charge in [-0.3, -0.25) is 9.59 Å². The molecule has 94 valence electrons. The van der Waals surface area contributed by atoms with E-state index in [4.69, 9.17) is 0 Å². The molecule has 0 atom stereocenters. The molecule has 0 amide bonds. The van der Waals surface area contributed by atoms with Crippen LogP contribution in [-0.4, -0.2) is 18.1 Å². The van der Waals surface area contributed by atoms with Gasteiger partial charge in [0.15, 0.2) is 0 Å². The molecule has 0 aliphatic carbocycles. The summed E-state index contributed by atoms with van der Waals surface area (Å²) in [4.78, 5) is 25.6. The number of rotatable bonds is 3. The second kappa shape index (κ2) is 5.04. The van der Waals surface area contributed by atoms with E-state index in [1.54, 1.807) is 0 Å². The summed E-state index contributed by atoms with van der Waals surface area (Å²) < 4.78 is 4.65. The Morgan fingerprint density at radius 3 is 2.78 bits per heavy atom. The molecule has 4 nitrogen and oxygen atoms in total. The smallest absolute Gasteiger partial charge is 0.310 e. The summed E-state index contributed by atoms with van der Waals surface area (Å²) in [6.07, 6.45) is 1.02. The zero-order chi connectivity index (χ0) is 13.1. The summed E-state index contributed by atoms with van der Waals surface area (Å²) in [5.74, 6) is -0.344. The van der Waals surface area contributed by atoms with Gasteiger partial charge in [0.05, 0.1) is 13.5 Å². The number of methoxy groups -OCH3 is 1. The molecule has 18 heavy (non-hydrogen) atoms. The summed E-state index contributed by atoms with van der Waals surface area (Å²) >= 11 is 0. The zero-order valence-electron chi connectivity index (χ0n) is 10.4. The fourth-order valence-corrected chi connectivity index (χ4v) is 1.96. The number of carbonyl (C=O) groups excluding carboxylic acids is 1. The lowest BCUT2D eigenvalue weighted by molar-refractivity contribution is -0.139. The highest BCUT2D eigenvalue weighted by atomic mass is 16.5. The van der Waals surface area contributed by atoms with Crippen molar-refractivity contribution < 1.29 is 9.53 Å². The van der Waals surface area contributed by atoms with Crippen molar-refractivity contribution in [2.24, 2.45) is 0 Å². The first-order valence-electron chi connectivity index (χ1n) is 5.85. The van der Waals surface area contributed by atoms with E-state index < -0.39 is 0 Å². The van der Waals surface area contributed by atoms with Crippen LogP contribution in [0.4, 0.5) is 0 Å². The molecule has 4 heteroatoms. The van der Waals surface area contributed by atoms with E-state index in [1.165, 1.54) is 18.7 Å². The first-order chi connectivity index (χ1) is 8.63. The van der Waals surface area contributed by atoms with Crippen molar-refractivity contribution in [2.75, 3.05) is 7.11 Å². The highest BCUT2D eigenvalue weighted by molar-refractivity contribution is 5.86. The van der Waals surface area contributed by atoms with Gasteiger partial charge in [-0.15, -0.1) is 0 Å². The Bertz CT molecular complexity index is 643. The van der Waals surface area contributed by atoms with Crippen LogP contribution in [-0.2, 0) is 22.4 Å². The predicted octanol–water partition coefficient (Wildman–Crippen LogP) is 1.81. The van der Waals surface area contributed by atoms with Gasteiger partial charge in [0.25, 0.3) is 0 Å². The molecule has 0 fully saturated rings. The van der Waals surface area contributed by atoms with Gasteiger partial charge in [0, 0.05) is 17.0 Å². The van der Waals surface area contributed by atoms with Crippen LogP contribution in [0.3, 0.4) is 0 Å². The third-order valence-electron chi connectivity index (χ3n) is 2.96. The van der Waals surface area contributed by atoms with Crippen molar-refractivity contribution in [3.05, 3.63) is 45.7 Å². The Hall–Kier alpha value is -2.10. The van der Waals surface area contributed by atoms with E-state index in [1.807, 2.05) is 18.2 Å². The van der Waals surface area contributed by atoms with Crippen molar-refractivity contribution in [1.82, 2.24) is 4.98 Å². The molecule has 1 aromatic carbocycles. The lowest BCUT2D eigenvalue weighted by Crippen LogP contribution is -2.11. The standard InChI is InChI=1S/C14H15NO3/c1-3-9-4-5-12-11(6-9)10(7-13(16)15-12)8-14(17)18-2/h4-7H,3,8H2,1-2H3,(H,15,16). The minimum atomic E-state index is -0.344. The molecule has 0 unspecified atom stereocenters. The van der Waals surface area contributed by atoms with Gasteiger partial charge in [-0.25, -0.2) is 0 Å². The maximum Gasteiger partial charge on any atom is 0.310 e. The van der Waals surface area contributed by atoms with Gasteiger partial charge in [0.1, 0.15) is 0 Å². The lowest BCUT2D eigenvalue weighted by Gasteiger charge is -2.07. The molecule has 2 aromatic rings. The first kappa shape index (κ1) is 12.4. The molecule has 2 rings (SSSR count). The number of aromatic nitrogens is 1. The number of esters is 1. The second-order valence-corrected chi connectivity index (χ2v) is 4.15. The van der Waals surface area contributed by atoms with Gasteiger partial charge in [-0.1, -0.05) is 13.0 Å². The third kappa shape index (κ3) is 2.42. The molecular weight excluding hydrogens is 230 g/mol. The topological polar surface area (TPSA) is 59.2 Å². The van der Waals surface area contributed by atoms with Gasteiger partial charge in [-0.2, -0.15) is 0 Å². The molecule has 1 N–H and O–H groups in total. The SMILES string of the molecule is CCc1ccc2[nH]c(=O)cc(CC(=O)OC)c2c1. The van der Waals surface area contributed by atoms with Gasteiger partial charge >= 0.3 is 5.97 Å². The van der Waals surface area contributed by atoms with Crippen molar-refractivity contribution in [1.29, 1.82) is 0 Å². The number of ether oxygens (including phenoxy) is 1. The number of aryl methyl sites for hydroxylation is 1. The summed E-state index contributed by atoms with van der Waals surface area (Å²) in [7, 11) is 1.34. The van der Waals surface area contributed by atoms with E-state index in [2.05, 4.69) is 16.6 Å². The van der Waals surface area contributed by atoms with Gasteiger partial charge in [0.2, 0.25) is 5.56 Å². The number of nitrogens with one attached hydrogen (secondary N) is 1. The van der Waals surface area contributed by atoms with Gasteiger partial charge < -0.3 is 9.72 Å². The summed E-state index contributed by atoms with van der Waals surface area (Å²) in [6, 6.07) is 7.30. The Balaban J connectivity index is 2.61. The molecule has 0 spiro atoms. The Morgan fingerprint density at radius 1 is 1.33 bits per heavy atom. The predicted molar refractivity (Wildman–Crippen MR) is 69.7 cm³/mol. The fourth-order valence-electron chi connectivity index (χ4n) is 1.96. The number of H-pyrrole nitrogens is 1. The van der Waals surface area contributed by atoms with Crippen molar-refractivity contribution >= 4 is 16.9 Å². The van der Waals surface area contributed by atoms with E-state index in [-0.39, 0.29) is 17.9 Å². The molecule has 0 bridgehead atoms. The van der Waals surface area contributed by atoms with Crippen molar-refractivity contribution in [2.45, 2.75) is 19.8 Å². The quantitative estimate of drug-likeness (QED) is 0.839. The Labute approximate surface area is 105 Å². The number of hydrogen-bond acceptors (Lipinski definition) is 3. The Morgan fingerprint density at radius 2 is 2.11 bits per heavy atom. The molecule has 0 saturated carbocycles. The number of fused-ring (bicyclic) bond motifs is 1. The number of pyridine rings is 1. The minimum Gasteiger partial charge on any atom is -0.469 e. The van der Waals surface area contributed by atoms with Crippen LogP contribution >= 0.6 is 0 Å². The maximum atomic E-state index is 11.5. The first-order valence-corrected chi connectivity index (χ1v) is 5.85. The number of aromatic amines is 1. The molecule has 0 aliphatic heterocycles. The number of benzene rings is 1. The average molecular weight is 245 g/mol. The molecule has 0 radical (unpaired) electrons. The molecular formula is C14H15NO3. The average Bonchev–Trinajstić information content (AvgIpc) is 2.38. The summed E-state index contributed by atoms with van der Waals surface area (Å²) in [5, 5.41) is 0.902. The lowest BCUT2D eigenvalue weighted by atomic mass is 10.0. The zero-order valence-corrected chi connectivity index (χ0v) is 10.4. The summed E-state index contributed by atoms with van der Waals surface area (Å²) in [6.45, 7) is 2.06. The molecule has 0 saturated heterocycles. The van der Waals surface area contributed by atoms with Crippen LogP contribution in [0.1, 0.15) is 18.1 Å². The van der Waals surface area contributed by atoms with Crippen LogP contribution in [0.5, 0.6) is 0 Å². The number of carbonyl (C=O) groups is 1. The Kier molecular flexibility index (Phi) is 3.46. The highest BCUT2D eigenvalue weighted by Crippen LogP contribution is 2.18. The van der Waals surface area contributed by atoms with Crippen LogP contribution in [0.15, 0.2) is 29.1 Å².